The summed E-state index contributed by atoms with van der Waals surface area (Å²) in [6.45, 7) is 0.689. The zero-order valence-electron chi connectivity index (χ0n) is 15.3. The second kappa shape index (κ2) is 7.19. The van der Waals surface area contributed by atoms with Crippen LogP contribution in [0.25, 0.3) is 0 Å². The maximum Gasteiger partial charge on any atom is 0.335 e. The van der Waals surface area contributed by atoms with E-state index in [2.05, 4.69) is 5.32 Å². The Morgan fingerprint density at radius 2 is 1.89 bits per heavy atom. The third kappa shape index (κ3) is 3.11. The fraction of sp³-hybridized carbons (Fsp3) is 0.190. The van der Waals surface area contributed by atoms with Crippen molar-refractivity contribution < 1.29 is 19.1 Å². The molecule has 142 valence electrons. The molecule has 1 saturated heterocycles. The van der Waals surface area contributed by atoms with Crippen molar-refractivity contribution in [3.8, 4) is 5.75 Å². The van der Waals surface area contributed by atoms with E-state index in [1.54, 1.807) is 24.3 Å². The van der Waals surface area contributed by atoms with Gasteiger partial charge in [-0.3, -0.25) is 14.9 Å². The molecule has 0 aliphatic carbocycles. The molecule has 7 nitrogen and oxygen atoms in total. The van der Waals surface area contributed by atoms with E-state index in [1.807, 2.05) is 29.2 Å². The number of hydrogen-bond acceptors (Lipinski definition) is 5. The van der Waals surface area contributed by atoms with Crippen molar-refractivity contribution in [1.82, 2.24) is 5.32 Å². The summed E-state index contributed by atoms with van der Waals surface area (Å²) in [5, 5.41) is 2.25. The van der Waals surface area contributed by atoms with Gasteiger partial charge in [-0.2, -0.15) is 0 Å². The first-order valence-corrected chi connectivity index (χ1v) is 8.98. The highest BCUT2D eigenvalue weighted by molar-refractivity contribution is 6.37. The number of carbonyl (C=O) groups excluding carboxylic acids is 3. The number of urea groups is 1. The van der Waals surface area contributed by atoms with E-state index in [0.29, 0.717) is 18.0 Å². The first kappa shape index (κ1) is 17.8. The number of methoxy groups -OCH3 is 1. The average molecular weight is 377 g/mol. The lowest BCUT2D eigenvalue weighted by atomic mass is 10.0. The molecule has 2 aromatic rings. The molecule has 0 saturated carbocycles. The van der Waals surface area contributed by atoms with Gasteiger partial charge in [0.2, 0.25) is 0 Å². The Balaban J connectivity index is 1.71. The molecule has 0 atom stereocenters. The first-order chi connectivity index (χ1) is 13.6. The summed E-state index contributed by atoms with van der Waals surface area (Å²) in [7, 11) is 1.50. The highest BCUT2D eigenvalue weighted by atomic mass is 16.5. The van der Waals surface area contributed by atoms with Gasteiger partial charge in [-0.05, 0) is 36.6 Å². The zero-order valence-corrected chi connectivity index (χ0v) is 15.3. The number of barbiturate groups is 1. The van der Waals surface area contributed by atoms with E-state index >= 15 is 0 Å². The van der Waals surface area contributed by atoms with Crippen molar-refractivity contribution in [1.29, 1.82) is 0 Å². The molecule has 0 aromatic heterocycles. The van der Waals surface area contributed by atoms with Crippen LogP contribution < -0.4 is 19.9 Å². The molecule has 4 rings (SSSR count). The second-order valence-electron chi connectivity index (χ2n) is 6.57. The number of nitrogens with one attached hydrogen (secondary N) is 1. The van der Waals surface area contributed by atoms with Crippen molar-refractivity contribution in [2.75, 3.05) is 23.5 Å². The minimum Gasteiger partial charge on any atom is -0.497 e. The van der Waals surface area contributed by atoms with E-state index < -0.39 is 17.8 Å². The van der Waals surface area contributed by atoms with Gasteiger partial charge in [0.05, 0.1) is 12.8 Å². The highest BCUT2D eigenvalue weighted by Crippen LogP contribution is 2.29. The van der Waals surface area contributed by atoms with E-state index in [-0.39, 0.29) is 5.57 Å². The van der Waals surface area contributed by atoms with Gasteiger partial charge in [0, 0.05) is 24.5 Å². The van der Waals surface area contributed by atoms with Gasteiger partial charge in [0.1, 0.15) is 11.3 Å². The summed E-state index contributed by atoms with van der Waals surface area (Å²) in [5.41, 5.74) is 2.38. The van der Waals surface area contributed by atoms with Crippen molar-refractivity contribution in [2.45, 2.75) is 12.8 Å². The Bertz CT molecular complexity index is 999. The van der Waals surface area contributed by atoms with Crippen LogP contribution in [-0.4, -0.2) is 31.5 Å². The van der Waals surface area contributed by atoms with Gasteiger partial charge in [0.25, 0.3) is 11.8 Å². The lowest BCUT2D eigenvalue weighted by molar-refractivity contribution is -0.122. The maximum absolute atomic E-state index is 13.0. The number of fused-ring (bicyclic) bond motifs is 1. The second-order valence-corrected chi connectivity index (χ2v) is 6.57. The minimum atomic E-state index is -0.778. The first-order valence-electron chi connectivity index (χ1n) is 8.98. The third-order valence-electron chi connectivity index (χ3n) is 4.84. The standard InChI is InChI=1S/C21H19N3O4/c1-28-16-9-4-8-15(12-16)24-20(26)17(19(25)22-21(24)27)13-23-11-5-7-14-6-2-3-10-18(14)23/h2-4,6,8-10,12-13H,5,7,11H2,1H3,(H,22,25,27)/b17-13-. The molecular weight excluding hydrogens is 358 g/mol. The number of ether oxygens (including phenoxy) is 1. The van der Waals surface area contributed by atoms with E-state index in [0.717, 1.165) is 29.0 Å². The normalized spacial score (nSPS) is 18.2. The van der Waals surface area contributed by atoms with Crippen LogP contribution in [0.15, 0.2) is 60.3 Å². The monoisotopic (exact) mass is 377 g/mol. The Hall–Kier alpha value is -3.61. The number of anilines is 2. The van der Waals surface area contributed by atoms with Crippen LogP contribution in [0.1, 0.15) is 12.0 Å². The summed E-state index contributed by atoms with van der Waals surface area (Å²) in [4.78, 5) is 40.6. The molecule has 0 unspecified atom stereocenters. The van der Waals surface area contributed by atoms with Crippen LogP contribution in [0.5, 0.6) is 5.75 Å². The quantitative estimate of drug-likeness (QED) is 0.657. The number of imide groups is 2. The van der Waals surface area contributed by atoms with Crippen molar-refractivity contribution in [3.63, 3.8) is 0 Å². The van der Waals surface area contributed by atoms with Crippen molar-refractivity contribution in [2.24, 2.45) is 0 Å². The molecule has 0 radical (unpaired) electrons. The Labute approximate surface area is 162 Å². The summed E-state index contributed by atoms with van der Waals surface area (Å²) in [5.74, 6) is -0.854. The molecule has 1 fully saturated rings. The zero-order chi connectivity index (χ0) is 19.7. The van der Waals surface area contributed by atoms with E-state index in [1.165, 1.54) is 13.3 Å². The summed E-state index contributed by atoms with van der Waals surface area (Å²) in [6, 6.07) is 13.7. The maximum atomic E-state index is 13.0. The number of para-hydroxylation sites is 1. The summed E-state index contributed by atoms with van der Waals surface area (Å²) in [6.07, 6.45) is 3.40. The fourth-order valence-corrected chi connectivity index (χ4v) is 3.48. The topological polar surface area (TPSA) is 79.0 Å². The highest BCUT2D eigenvalue weighted by Gasteiger charge is 2.37. The Morgan fingerprint density at radius 3 is 2.71 bits per heavy atom. The van der Waals surface area contributed by atoms with Crippen molar-refractivity contribution >= 4 is 29.2 Å². The molecule has 1 N–H and O–H groups in total. The molecule has 7 heteroatoms. The molecule has 4 amide bonds. The molecule has 2 heterocycles. The smallest absolute Gasteiger partial charge is 0.335 e. The van der Waals surface area contributed by atoms with Gasteiger partial charge in [-0.1, -0.05) is 24.3 Å². The van der Waals surface area contributed by atoms with E-state index in [9.17, 15) is 14.4 Å². The van der Waals surface area contributed by atoms with Crippen LogP contribution in [0.3, 0.4) is 0 Å². The number of benzene rings is 2. The van der Waals surface area contributed by atoms with Gasteiger partial charge in [-0.15, -0.1) is 0 Å². The Morgan fingerprint density at radius 1 is 1.07 bits per heavy atom. The van der Waals surface area contributed by atoms with Crippen molar-refractivity contribution in [3.05, 3.63) is 65.9 Å². The number of nitrogens with zero attached hydrogens (tertiary/aromatic N) is 2. The lowest BCUT2D eigenvalue weighted by Crippen LogP contribution is -2.55. The van der Waals surface area contributed by atoms with Crippen LogP contribution in [-0.2, 0) is 16.0 Å². The molecule has 2 aliphatic rings. The number of amides is 4. The molecule has 2 aromatic carbocycles. The van der Waals surface area contributed by atoms with Crippen LogP contribution >= 0.6 is 0 Å². The summed E-state index contributed by atoms with van der Waals surface area (Å²) >= 11 is 0. The van der Waals surface area contributed by atoms with Crippen LogP contribution in [0.4, 0.5) is 16.2 Å². The van der Waals surface area contributed by atoms with Gasteiger partial charge >= 0.3 is 6.03 Å². The fourth-order valence-electron chi connectivity index (χ4n) is 3.48. The molecule has 28 heavy (non-hydrogen) atoms. The molecular formula is C21H19N3O4. The minimum absolute atomic E-state index is 0.0841. The third-order valence-corrected chi connectivity index (χ3v) is 4.84. The number of rotatable bonds is 3. The van der Waals surface area contributed by atoms with Crippen LogP contribution in [0, 0.1) is 0 Å². The van der Waals surface area contributed by atoms with E-state index in [4.69, 9.17) is 4.74 Å². The lowest BCUT2D eigenvalue weighted by Gasteiger charge is -2.31. The molecule has 0 bridgehead atoms. The summed E-state index contributed by atoms with van der Waals surface area (Å²) < 4.78 is 5.17. The van der Waals surface area contributed by atoms with Crippen LogP contribution in [0.2, 0.25) is 0 Å². The predicted molar refractivity (Wildman–Crippen MR) is 104 cm³/mol. The number of hydrogen-bond donors (Lipinski definition) is 1. The molecule has 2 aliphatic heterocycles. The predicted octanol–water partition coefficient (Wildman–Crippen LogP) is 2.61. The largest absolute Gasteiger partial charge is 0.497 e. The number of aryl methyl sites for hydroxylation is 1. The molecule has 0 spiro atoms. The average Bonchev–Trinajstić information content (AvgIpc) is 2.71. The number of carbonyl (C=O) groups is 3. The van der Waals surface area contributed by atoms with Gasteiger partial charge < -0.3 is 9.64 Å². The SMILES string of the molecule is COc1cccc(N2C(=O)NC(=O)/C(=C/N3CCCc4ccccc43)C2=O)c1. The Kier molecular flexibility index (Phi) is 4.57. The van der Waals surface area contributed by atoms with Gasteiger partial charge in [-0.25, -0.2) is 9.69 Å². The van der Waals surface area contributed by atoms with Gasteiger partial charge in [0.15, 0.2) is 0 Å².